The van der Waals surface area contributed by atoms with Gasteiger partial charge in [0, 0.05) is 25.1 Å². The number of carbonyl (C=O) groups excluding carboxylic acids is 1. The van der Waals surface area contributed by atoms with Gasteiger partial charge in [-0.2, -0.15) is 8.78 Å². The summed E-state index contributed by atoms with van der Waals surface area (Å²) in [6.45, 7) is 0.848. The third-order valence-corrected chi connectivity index (χ3v) is 6.08. The molecule has 4 rings (SSSR count). The highest BCUT2D eigenvalue weighted by Gasteiger charge is 2.37. The Morgan fingerprint density at radius 2 is 1.65 bits per heavy atom. The maximum Gasteiger partial charge on any atom is 0.224 e. The number of nitrogens with zero attached hydrogens (tertiary/aromatic N) is 1. The van der Waals surface area contributed by atoms with Crippen molar-refractivity contribution in [2.24, 2.45) is 0 Å². The van der Waals surface area contributed by atoms with Crippen molar-refractivity contribution in [3.05, 3.63) is 46.8 Å². The number of fused-ring (bicyclic) bond motifs is 1. The van der Waals surface area contributed by atoms with Gasteiger partial charge in [-0.15, -0.1) is 0 Å². The zero-order chi connectivity index (χ0) is 24.6. The third-order valence-electron chi connectivity index (χ3n) is 6.08. The molecule has 2 aliphatic rings. The zero-order valence-electron chi connectivity index (χ0n) is 18.3. The number of hydrogen-bond donors (Lipinski definition) is 2. The Morgan fingerprint density at radius 3 is 2.26 bits per heavy atom. The first-order valence-corrected chi connectivity index (χ1v) is 10.8. The molecule has 0 saturated carbocycles. The van der Waals surface area contributed by atoms with E-state index in [9.17, 15) is 31.9 Å². The summed E-state index contributed by atoms with van der Waals surface area (Å²) in [7, 11) is 0. The van der Waals surface area contributed by atoms with E-state index in [1.165, 1.54) is 13.0 Å². The number of aliphatic hydroxyl groups is 1. The summed E-state index contributed by atoms with van der Waals surface area (Å²) in [4.78, 5) is 12.7. The fraction of sp³-hybridized carbons (Fsp3) is 0.435. The van der Waals surface area contributed by atoms with Gasteiger partial charge in [0.05, 0.1) is 12.3 Å². The van der Waals surface area contributed by atoms with Crippen LogP contribution in [0.2, 0.25) is 0 Å². The van der Waals surface area contributed by atoms with Gasteiger partial charge in [0.25, 0.3) is 0 Å². The van der Waals surface area contributed by atoms with Crippen molar-refractivity contribution in [1.29, 1.82) is 0 Å². The zero-order valence-corrected chi connectivity index (χ0v) is 18.3. The van der Waals surface area contributed by atoms with Crippen LogP contribution < -0.4 is 19.7 Å². The standard InChI is InChI=1S/C23H23F5N2O4/c1-2-33-22-18(27)16(25)21(17(26)19(22)28)30-9-7-23(32,8-10-30)11-34-14-5-4-13(24)20-12(14)3-6-15(31)29-20/h4-5,32H,2-3,6-11H2,1H3,(H,29,31). The molecule has 0 spiro atoms. The van der Waals surface area contributed by atoms with Crippen molar-refractivity contribution in [1.82, 2.24) is 0 Å². The molecule has 2 aromatic carbocycles. The van der Waals surface area contributed by atoms with Crippen LogP contribution in [0.3, 0.4) is 0 Å². The van der Waals surface area contributed by atoms with Crippen molar-refractivity contribution < 1.29 is 41.3 Å². The molecule has 1 amide bonds. The Labute approximate surface area is 192 Å². The molecule has 2 heterocycles. The van der Waals surface area contributed by atoms with Crippen molar-refractivity contribution in [2.45, 2.75) is 38.2 Å². The number of rotatable bonds is 6. The fourth-order valence-corrected chi connectivity index (χ4v) is 4.21. The fourth-order valence-electron chi connectivity index (χ4n) is 4.21. The predicted molar refractivity (Wildman–Crippen MR) is 113 cm³/mol. The molecule has 0 radical (unpaired) electrons. The lowest BCUT2D eigenvalue weighted by atomic mass is 9.91. The number of hydrogen-bond acceptors (Lipinski definition) is 5. The van der Waals surface area contributed by atoms with Crippen molar-refractivity contribution >= 4 is 17.3 Å². The molecule has 2 aromatic rings. The van der Waals surface area contributed by atoms with Crippen LogP contribution in [0.25, 0.3) is 0 Å². The molecule has 0 aromatic heterocycles. The highest BCUT2D eigenvalue weighted by molar-refractivity contribution is 5.94. The number of halogens is 5. The number of benzene rings is 2. The summed E-state index contributed by atoms with van der Waals surface area (Å²) in [6.07, 6.45) is 0.414. The van der Waals surface area contributed by atoms with Gasteiger partial charge in [0.1, 0.15) is 29.5 Å². The van der Waals surface area contributed by atoms with Gasteiger partial charge in [0.2, 0.25) is 17.5 Å². The second-order valence-corrected chi connectivity index (χ2v) is 8.31. The number of piperidine rings is 1. The summed E-state index contributed by atoms with van der Waals surface area (Å²) < 4.78 is 82.0. The van der Waals surface area contributed by atoms with Gasteiger partial charge in [-0.25, -0.2) is 13.2 Å². The highest BCUT2D eigenvalue weighted by atomic mass is 19.2. The number of carbonyl (C=O) groups is 1. The van der Waals surface area contributed by atoms with Gasteiger partial charge < -0.3 is 24.8 Å². The summed E-state index contributed by atoms with van der Waals surface area (Å²) in [5.74, 6) is -8.08. The van der Waals surface area contributed by atoms with Gasteiger partial charge in [-0.05, 0) is 38.3 Å². The predicted octanol–water partition coefficient (Wildman–Crippen LogP) is 4.08. The van der Waals surface area contributed by atoms with Crippen molar-refractivity contribution in [3.8, 4) is 11.5 Å². The molecule has 1 fully saturated rings. The molecular formula is C23H23F5N2O4. The minimum Gasteiger partial charge on any atom is -0.490 e. The van der Waals surface area contributed by atoms with Gasteiger partial charge in [0.15, 0.2) is 17.4 Å². The Morgan fingerprint density at radius 1 is 1.00 bits per heavy atom. The van der Waals surface area contributed by atoms with Crippen molar-refractivity contribution in [3.63, 3.8) is 0 Å². The summed E-state index contributed by atoms with van der Waals surface area (Å²) >= 11 is 0. The molecular weight excluding hydrogens is 463 g/mol. The van der Waals surface area contributed by atoms with Gasteiger partial charge in [-0.1, -0.05) is 0 Å². The first-order valence-electron chi connectivity index (χ1n) is 10.8. The number of anilines is 2. The Balaban J connectivity index is 1.47. The Bertz CT molecular complexity index is 1090. The van der Waals surface area contributed by atoms with Crippen LogP contribution in [-0.4, -0.2) is 42.9 Å². The molecule has 0 bridgehead atoms. The van der Waals surface area contributed by atoms with Crippen LogP contribution in [-0.2, 0) is 11.2 Å². The minimum atomic E-state index is -1.62. The number of amides is 1. The van der Waals surface area contributed by atoms with Crippen LogP contribution >= 0.6 is 0 Å². The minimum absolute atomic E-state index is 0.0115. The van der Waals surface area contributed by atoms with E-state index < -0.39 is 46.1 Å². The van der Waals surface area contributed by atoms with Crippen molar-refractivity contribution in [2.75, 3.05) is 36.5 Å². The van der Waals surface area contributed by atoms with E-state index in [1.54, 1.807) is 0 Å². The first-order chi connectivity index (χ1) is 16.1. The second-order valence-electron chi connectivity index (χ2n) is 8.31. The van der Waals surface area contributed by atoms with Gasteiger partial charge >= 0.3 is 0 Å². The molecule has 184 valence electrons. The van der Waals surface area contributed by atoms with E-state index in [2.05, 4.69) is 10.1 Å². The van der Waals surface area contributed by atoms with E-state index in [-0.39, 0.29) is 63.6 Å². The monoisotopic (exact) mass is 486 g/mol. The molecule has 0 aliphatic carbocycles. The SMILES string of the molecule is CCOc1c(F)c(F)c(N2CCC(O)(COc3ccc(F)c4c3CCC(=O)N4)CC2)c(F)c1F. The van der Waals surface area contributed by atoms with Crippen LogP contribution in [0, 0.1) is 29.1 Å². The molecule has 11 heteroatoms. The van der Waals surface area contributed by atoms with E-state index >= 15 is 0 Å². The van der Waals surface area contributed by atoms with E-state index in [4.69, 9.17) is 4.74 Å². The molecule has 2 N–H and O–H groups in total. The Kier molecular flexibility index (Phi) is 6.57. The highest BCUT2D eigenvalue weighted by Crippen LogP contribution is 2.38. The molecule has 34 heavy (non-hydrogen) atoms. The maximum absolute atomic E-state index is 14.5. The lowest BCUT2D eigenvalue weighted by Crippen LogP contribution is -2.48. The van der Waals surface area contributed by atoms with E-state index in [1.807, 2.05) is 0 Å². The average Bonchev–Trinajstić information content (AvgIpc) is 2.82. The molecule has 1 saturated heterocycles. The Hall–Kier alpha value is -3.08. The largest absolute Gasteiger partial charge is 0.490 e. The van der Waals surface area contributed by atoms with Crippen LogP contribution in [0.15, 0.2) is 12.1 Å². The lowest BCUT2D eigenvalue weighted by Gasteiger charge is -2.39. The summed E-state index contributed by atoms with van der Waals surface area (Å²) in [5.41, 5.74) is -1.73. The van der Waals surface area contributed by atoms with Crippen LogP contribution in [0.1, 0.15) is 31.7 Å². The van der Waals surface area contributed by atoms with E-state index in [0.717, 1.165) is 11.0 Å². The quantitative estimate of drug-likeness (QED) is 0.476. The summed E-state index contributed by atoms with van der Waals surface area (Å²) in [5, 5.41) is 13.4. The maximum atomic E-state index is 14.5. The van der Waals surface area contributed by atoms with Crippen LogP contribution in [0.4, 0.5) is 33.3 Å². The van der Waals surface area contributed by atoms with Crippen LogP contribution in [0.5, 0.6) is 11.5 Å². The number of ether oxygens (including phenoxy) is 2. The first kappa shape index (κ1) is 24.1. The average molecular weight is 486 g/mol. The normalized spacial score (nSPS) is 17.3. The third kappa shape index (κ3) is 4.36. The topological polar surface area (TPSA) is 71.0 Å². The van der Waals surface area contributed by atoms with E-state index in [0.29, 0.717) is 11.3 Å². The molecule has 0 atom stereocenters. The summed E-state index contributed by atoms with van der Waals surface area (Å²) in [6, 6.07) is 2.55. The second kappa shape index (κ2) is 9.28. The molecule has 0 unspecified atom stereocenters. The molecule has 2 aliphatic heterocycles. The number of nitrogens with one attached hydrogen (secondary N) is 1. The molecule has 6 nitrogen and oxygen atoms in total. The van der Waals surface area contributed by atoms with Gasteiger partial charge in [-0.3, -0.25) is 4.79 Å². The lowest BCUT2D eigenvalue weighted by molar-refractivity contribution is -0.116. The smallest absolute Gasteiger partial charge is 0.224 e.